The first-order chi connectivity index (χ1) is 26.5. The summed E-state index contributed by atoms with van der Waals surface area (Å²) in [6.07, 6.45) is -13.8. The van der Waals surface area contributed by atoms with E-state index in [2.05, 4.69) is 34.0 Å². The zero-order valence-electron chi connectivity index (χ0n) is 28.9. The standard InChI is InChI=1S/C24H36FN10O19P3/c1-33-7-35(18-12(33)20(41)32-24(27)30-18)22-16(39)14(37)10(53-22)5-51-57(46,47)49-3-8(54-55(25,42)43)2-48-56(44,45)50-4-9-13(36)15(38)21(52-9)34-6-28-11-17(34)29-23(26)31-19(11)40/h6,8-10,13-16,21-22,36-39,42-43H,2-5,7H2,1H3,(H7-,26,27,29,30,31,32,40,41,44,45,46,47)/p+1/t8?,9-,10-,13-,14-,15-,16-,21-,22-/m1/s1. The first-order valence-corrected chi connectivity index (χ1v) is 20.6. The van der Waals surface area contributed by atoms with Gasteiger partial charge in [-0.1, -0.05) is 0 Å². The summed E-state index contributed by atoms with van der Waals surface area (Å²) in [6, 6.07) is 0. The van der Waals surface area contributed by atoms with Gasteiger partial charge in [-0.2, -0.15) is 19.8 Å². The van der Waals surface area contributed by atoms with Crippen LogP contribution in [0.3, 0.4) is 0 Å². The van der Waals surface area contributed by atoms with Crippen molar-refractivity contribution >= 4 is 58.5 Å². The first kappa shape index (κ1) is 43.2. The molecule has 3 unspecified atom stereocenters. The van der Waals surface area contributed by atoms with Crippen LogP contribution in [-0.4, -0.2) is 159 Å². The molecule has 0 bridgehead atoms. The van der Waals surface area contributed by atoms with Gasteiger partial charge in [-0.25, -0.2) is 14.1 Å². The number of ether oxygens (including phenoxy) is 2. The number of nitrogens with zero attached hydrogens (tertiary/aromatic N) is 6. The van der Waals surface area contributed by atoms with Crippen LogP contribution in [0.4, 0.5) is 27.6 Å². The average Bonchev–Trinajstić information content (AvgIpc) is 3.83. The van der Waals surface area contributed by atoms with Crippen LogP contribution in [0.15, 0.2) is 15.9 Å². The largest absolute Gasteiger partial charge is 0.618 e. The van der Waals surface area contributed by atoms with Crippen molar-refractivity contribution < 1.29 is 85.4 Å². The molecular formula is C24H37FN10O19P3+. The van der Waals surface area contributed by atoms with Crippen molar-refractivity contribution in [3.05, 3.63) is 27.0 Å². The number of aliphatic hydroxyl groups is 4. The molecule has 11 atom stereocenters. The molecule has 0 saturated carbocycles. The molecule has 0 aliphatic carbocycles. The average molecular weight is 882 g/mol. The highest BCUT2D eigenvalue weighted by molar-refractivity contribution is 7.54. The number of nitrogen functional groups attached to an aromatic ring is 2. The topological polar surface area (TPSA) is 428 Å². The van der Waals surface area contributed by atoms with Crippen molar-refractivity contribution in [2.75, 3.05) is 61.4 Å². The van der Waals surface area contributed by atoms with Gasteiger partial charge in [-0.05, 0) is 0 Å². The van der Waals surface area contributed by atoms with Crippen LogP contribution in [0, 0.1) is 0 Å². The van der Waals surface area contributed by atoms with E-state index in [1.807, 2.05) is 0 Å². The Labute approximate surface area is 317 Å². The normalized spacial score (nSPS) is 29.2. The number of H-pyrrole nitrogens is 2. The Bertz CT molecular complexity index is 2160. The van der Waals surface area contributed by atoms with Crippen molar-refractivity contribution in [2.45, 2.75) is 55.2 Å². The smallest absolute Gasteiger partial charge is 0.387 e. The Morgan fingerprint density at radius 2 is 1.42 bits per heavy atom. The molecule has 318 valence electrons. The molecule has 0 radical (unpaired) electrons. The molecule has 0 aromatic carbocycles. The van der Waals surface area contributed by atoms with Crippen LogP contribution in [0.25, 0.3) is 11.2 Å². The zero-order valence-corrected chi connectivity index (χ0v) is 31.6. The number of imidazole rings is 1. The van der Waals surface area contributed by atoms with E-state index in [0.717, 1.165) is 10.9 Å². The van der Waals surface area contributed by atoms with Crippen LogP contribution in [0.5, 0.6) is 0 Å². The van der Waals surface area contributed by atoms with Gasteiger partial charge < -0.3 is 61.0 Å². The second kappa shape index (κ2) is 16.4. The molecule has 29 nitrogen and oxygen atoms in total. The number of aliphatic hydroxyl groups excluding tert-OH is 4. The maximum absolute atomic E-state index is 13.7. The quantitative estimate of drug-likeness (QED) is 0.0605. The summed E-state index contributed by atoms with van der Waals surface area (Å²) in [4.78, 5) is 82.5. The fraction of sp³-hybridized carbons (Fsp3) is 0.625. The van der Waals surface area contributed by atoms with Crippen LogP contribution in [-0.2, 0) is 41.2 Å². The van der Waals surface area contributed by atoms with Crippen molar-refractivity contribution in [1.29, 1.82) is 0 Å². The predicted octanol–water partition coefficient (Wildman–Crippen LogP) is -4.37. The number of phosphoric acid groups is 2. The maximum Gasteiger partial charge on any atom is 0.618 e. The van der Waals surface area contributed by atoms with Crippen LogP contribution in [0.2, 0.25) is 0 Å². The SMILES string of the molecule is CN1CN([C@@H]2O[C@H](COP(=O)(O)OCC(COP(=O)(O)OC[C@H]3O[C@@H](n4cnc5c(=O)[nH]c(N)nc54)[C@H](O)[C@@H]3O)O[P+](O)(O)F)[C@@H](O)[C@H]2O)c2nc(N)[nH]c(=O)c21. The van der Waals surface area contributed by atoms with E-state index in [1.165, 1.54) is 16.8 Å². The lowest BCUT2D eigenvalue weighted by atomic mass is 10.1. The number of aromatic amines is 2. The lowest BCUT2D eigenvalue weighted by molar-refractivity contribution is -0.0528. The third kappa shape index (κ3) is 9.59. The summed E-state index contributed by atoms with van der Waals surface area (Å²) in [5.74, 6) is -0.533. The fourth-order valence-electron chi connectivity index (χ4n) is 6.00. The molecule has 2 fully saturated rings. The van der Waals surface area contributed by atoms with Crippen LogP contribution in [0.1, 0.15) is 6.23 Å². The van der Waals surface area contributed by atoms with E-state index < -0.39 is 117 Å². The number of phosphoric ester groups is 2. The summed E-state index contributed by atoms with van der Waals surface area (Å²) in [5, 5.41) is 42.4. The third-order valence-corrected chi connectivity index (χ3v) is 11.0. The van der Waals surface area contributed by atoms with Crippen molar-refractivity contribution in [1.82, 2.24) is 29.5 Å². The van der Waals surface area contributed by atoms with Crippen molar-refractivity contribution in [2.24, 2.45) is 0 Å². The second-order valence-electron chi connectivity index (χ2n) is 12.6. The minimum atomic E-state index is -5.67. The molecule has 3 aromatic heterocycles. The van der Waals surface area contributed by atoms with Gasteiger partial charge in [0, 0.05) is 11.2 Å². The number of rotatable bonds is 16. The maximum atomic E-state index is 13.7. The highest BCUT2D eigenvalue weighted by Gasteiger charge is 2.50. The number of aromatic nitrogens is 6. The molecule has 6 heterocycles. The summed E-state index contributed by atoms with van der Waals surface area (Å²) in [6.45, 7) is -4.45. The minimum absolute atomic E-state index is 0.0125. The molecule has 0 spiro atoms. The highest BCUT2D eigenvalue weighted by atomic mass is 31.3. The molecule has 6 rings (SSSR count). The Balaban J connectivity index is 1.01. The van der Waals surface area contributed by atoms with Gasteiger partial charge in [0.05, 0.1) is 39.4 Å². The highest BCUT2D eigenvalue weighted by Crippen LogP contribution is 2.55. The first-order valence-electron chi connectivity index (χ1n) is 16.1. The van der Waals surface area contributed by atoms with Gasteiger partial charge in [0.15, 0.2) is 35.5 Å². The van der Waals surface area contributed by atoms with Gasteiger partial charge in [-0.3, -0.25) is 42.2 Å². The lowest BCUT2D eigenvalue weighted by Crippen LogP contribution is -2.45. The number of nitrogens with one attached hydrogen (secondary N) is 2. The van der Waals surface area contributed by atoms with Gasteiger partial charge in [0.25, 0.3) is 11.1 Å². The van der Waals surface area contributed by atoms with Gasteiger partial charge >= 0.3 is 23.9 Å². The van der Waals surface area contributed by atoms with E-state index in [0.29, 0.717) is 0 Å². The Kier molecular flexibility index (Phi) is 12.4. The van der Waals surface area contributed by atoms with Gasteiger partial charge in [-0.15, -0.1) is 4.52 Å². The molecule has 3 aliphatic heterocycles. The van der Waals surface area contributed by atoms with E-state index >= 15 is 0 Å². The number of halogens is 1. The number of hydrogen-bond donors (Lipinski definition) is 12. The lowest BCUT2D eigenvalue weighted by Gasteiger charge is -2.27. The van der Waals surface area contributed by atoms with E-state index in [4.69, 9.17) is 34.5 Å². The van der Waals surface area contributed by atoms with Crippen molar-refractivity contribution in [3.8, 4) is 0 Å². The Hall–Kier alpha value is -3.35. The van der Waals surface area contributed by atoms with Crippen LogP contribution < -0.4 is 32.4 Å². The molecule has 14 N–H and O–H groups in total. The molecule has 3 aromatic rings. The number of fused-ring (bicyclic) bond motifs is 2. The molecular weight excluding hydrogens is 844 g/mol. The third-order valence-electron chi connectivity index (χ3n) is 8.55. The second-order valence-corrected chi connectivity index (χ2v) is 16.7. The van der Waals surface area contributed by atoms with E-state index in [-0.39, 0.29) is 41.2 Å². The minimum Gasteiger partial charge on any atom is -0.387 e. The number of nitrogens with two attached hydrogens (primary N) is 2. The monoisotopic (exact) mass is 881 g/mol. The van der Waals surface area contributed by atoms with E-state index in [1.54, 1.807) is 0 Å². The Morgan fingerprint density at radius 3 is 2.00 bits per heavy atom. The predicted molar refractivity (Wildman–Crippen MR) is 185 cm³/mol. The summed E-state index contributed by atoms with van der Waals surface area (Å²) < 4.78 is 74.6. The van der Waals surface area contributed by atoms with E-state index in [9.17, 15) is 62.9 Å². The Morgan fingerprint density at radius 1 is 0.895 bits per heavy atom. The molecule has 57 heavy (non-hydrogen) atoms. The van der Waals surface area contributed by atoms with Gasteiger partial charge in [0.1, 0.15) is 42.3 Å². The summed E-state index contributed by atoms with van der Waals surface area (Å²) >= 11 is 0. The van der Waals surface area contributed by atoms with Crippen molar-refractivity contribution in [3.63, 3.8) is 0 Å². The molecule has 33 heteroatoms. The fourth-order valence-corrected chi connectivity index (χ4v) is 8.03. The van der Waals surface area contributed by atoms with Gasteiger partial charge in [0.2, 0.25) is 11.9 Å². The molecule has 2 saturated heterocycles. The number of anilines is 4. The van der Waals surface area contributed by atoms with Crippen LogP contribution >= 0.6 is 23.9 Å². The number of hydrogen-bond acceptors (Lipinski definition) is 24. The molecule has 0 amide bonds. The molecule has 3 aliphatic rings. The summed E-state index contributed by atoms with van der Waals surface area (Å²) in [7, 11) is -14.6. The zero-order chi connectivity index (χ0) is 41.8. The summed E-state index contributed by atoms with van der Waals surface area (Å²) in [5.41, 5.74) is 9.67.